The number of hydrogen-bond donors (Lipinski definition) is 7. The quantitative estimate of drug-likeness (QED) is 0.120. The van der Waals surface area contributed by atoms with Crippen molar-refractivity contribution in [1.82, 2.24) is 15.5 Å². The van der Waals surface area contributed by atoms with Crippen LogP contribution in [0.25, 0.3) is 0 Å². The summed E-state index contributed by atoms with van der Waals surface area (Å²) in [6, 6.07) is -4.30. The second-order valence-corrected chi connectivity index (χ2v) is 8.42. The van der Waals surface area contributed by atoms with Gasteiger partial charge in [0.05, 0.1) is 12.5 Å². The molecule has 1 rings (SSSR count). The van der Waals surface area contributed by atoms with Crippen LogP contribution in [0.4, 0.5) is 0 Å². The number of likely N-dealkylation sites (tertiary alicyclic amines) is 1. The molecule has 0 aromatic carbocycles. The van der Waals surface area contributed by atoms with Crippen molar-refractivity contribution >= 4 is 29.7 Å². The molecule has 194 valence electrons. The Bertz CT molecular complexity index is 720. The van der Waals surface area contributed by atoms with Crippen molar-refractivity contribution in [2.24, 2.45) is 17.2 Å². The summed E-state index contributed by atoms with van der Waals surface area (Å²) >= 11 is 0. The number of carbonyl (C=O) groups is 5. The molecule has 13 heteroatoms. The van der Waals surface area contributed by atoms with E-state index in [4.69, 9.17) is 22.3 Å². The van der Waals surface area contributed by atoms with Crippen LogP contribution in [0.5, 0.6) is 0 Å². The summed E-state index contributed by atoms with van der Waals surface area (Å²) in [5.74, 6) is -4.26. The minimum atomic E-state index is -1.28. The molecule has 0 saturated carbocycles. The molecule has 1 aliphatic rings. The molecule has 10 N–H and O–H groups in total. The molecule has 1 heterocycles. The Morgan fingerprint density at radius 2 is 1.50 bits per heavy atom. The van der Waals surface area contributed by atoms with Gasteiger partial charge < -0.3 is 42.9 Å². The highest BCUT2D eigenvalue weighted by atomic mass is 16.4. The number of rotatable bonds is 16. The topological polar surface area (TPSA) is 231 Å². The third kappa shape index (κ3) is 9.61. The zero-order chi connectivity index (χ0) is 25.7. The van der Waals surface area contributed by atoms with Crippen molar-refractivity contribution in [3.63, 3.8) is 0 Å². The Balaban J connectivity index is 2.88. The number of nitrogens with zero attached hydrogens (tertiary/aromatic N) is 1. The Hall–Kier alpha value is -2.77. The van der Waals surface area contributed by atoms with E-state index in [9.17, 15) is 29.1 Å². The fourth-order valence-electron chi connectivity index (χ4n) is 3.84. The van der Waals surface area contributed by atoms with Gasteiger partial charge in [-0.1, -0.05) is 0 Å². The van der Waals surface area contributed by atoms with Crippen LogP contribution >= 0.6 is 0 Å². The average Bonchev–Trinajstić information content (AvgIpc) is 3.26. The van der Waals surface area contributed by atoms with E-state index in [0.29, 0.717) is 51.6 Å². The van der Waals surface area contributed by atoms with E-state index in [1.807, 2.05) is 0 Å². The van der Waals surface area contributed by atoms with Crippen molar-refractivity contribution < 1.29 is 34.2 Å². The lowest BCUT2D eigenvalue weighted by Crippen LogP contribution is -2.56. The first-order chi connectivity index (χ1) is 16.1. The van der Waals surface area contributed by atoms with Crippen LogP contribution < -0.4 is 27.8 Å². The second-order valence-electron chi connectivity index (χ2n) is 8.42. The van der Waals surface area contributed by atoms with E-state index in [-0.39, 0.29) is 19.4 Å². The van der Waals surface area contributed by atoms with Gasteiger partial charge in [-0.2, -0.15) is 0 Å². The number of nitrogens with one attached hydrogen (secondary N) is 2. The molecule has 13 nitrogen and oxygen atoms in total. The summed E-state index contributed by atoms with van der Waals surface area (Å²) in [4.78, 5) is 62.1. The molecular weight excluding hydrogens is 448 g/mol. The molecule has 4 unspecified atom stereocenters. The zero-order valence-corrected chi connectivity index (χ0v) is 19.4. The maximum Gasteiger partial charge on any atom is 0.326 e. The minimum absolute atomic E-state index is 0.202. The van der Waals surface area contributed by atoms with Crippen LogP contribution in [0.3, 0.4) is 0 Å². The van der Waals surface area contributed by atoms with Gasteiger partial charge in [-0.15, -0.1) is 0 Å². The van der Waals surface area contributed by atoms with E-state index in [0.717, 1.165) is 0 Å². The third-order valence-electron chi connectivity index (χ3n) is 5.69. The zero-order valence-electron chi connectivity index (χ0n) is 19.4. The lowest BCUT2D eigenvalue weighted by Gasteiger charge is -2.28. The minimum Gasteiger partial charge on any atom is -0.481 e. The van der Waals surface area contributed by atoms with Crippen LogP contribution in [-0.2, 0) is 24.0 Å². The molecule has 0 aromatic heterocycles. The number of unbranched alkanes of at least 4 members (excludes halogenated alkanes) is 2. The predicted octanol–water partition coefficient (Wildman–Crippen LogP) is -1.91. The van der Waals surface area contributed by atoms with Gasteiger partial charge in [-0.3, -0.25) is 19.2 Å². The number of aliphatic carboxylic acids is 2. The van der Waals surface area contributed by atoms with E-state index < -0.39 is 60.2 Å². The molecule has 0 aromatic rings. The molecule has 1 aliphatic heterocycles. The summed E-state index contributed by atoms with van der Waals surface area (Å²) in [7, 11) is 0. The SMILES string of the molecule is NCCCCC(NC(=O)C(CCCCN)NC(=O)C1CCCN1C(=O)C(N)CC(=O)O)C(=O)O. The lowest BCUT2D eigenvalue weighted by atomic mass is 10.0. The van der Waals surface area contributed by atoms with Crippen molar-refractivity contribution in [3.8, 4) is 0 Å². The lowest BCUT2D eigenvalue weighted by molar-refractivity contribution is -0.144. The van der Waals surface area contributed by atoms with Gasteiger partial charge in [0.2, 0.25) is 17.7 Å². The van der Waals surface area contributed by atoms with Gasteiger partial charge in [0.1, 0.15) is 18.1 Å². The predicted molar refractivity (Wildman–Crippen MR) is 122 cm³/mol. The smallest absolute Gasteiger partial charge is 0.326 e. The van der Waals surface area contributed by atoms with Crippen LogP contribution in [-0.4, -0.2) is 88.6 Å². The molecule has 0 spiro atoms. The Kier molecular flexibility index (Phi) is 13.1. The largest absolute Gasteiger partial charge is 0.481 e. The van der Waals surface area contributed by atoms with E-state index in [1.54, 1.807) is 0 Å². The highest BCUT2D eigenvalue weighted by molar-refractivity contribution is 5.95. The highest BCUT2D eigenvalue weighted by Gasteiger charge is 2.38. The number of carbonyl (C=O) groups excluding carboxylic acids is 3. The first-order valence-electron chi connectivity index (χ1n) is 11.6. The Labute approximate surface area is 198 Å². The maximum absolute atomic E-state index is 13.0. The average molecular weight is 487 g/mol. The Morgan fingerprint density at radius 3 is 2.03 bits per heavy atom. The first kappa shape index (κ1) is 29.3. The van der Waals surface area contributed by atoms with E-state index in [2.05, 4.69) is 10.6 Å². The summed E-state index contributed by atoms with van der Waals surface area (Å²) in [6.07, 6.45) is 3.01. The van der Waals surface area contributed by atoms with Crippen molar-refractivity contribution in [1.29, 1.82) is 0 Å². The van der Waals surface area contributed by atoms with Gasteiger partial charge >= 0.3 is 11.9 Å². The third-order valence-corrected chi connectivity index (χ3v) is 5.69. The molecule has 3 amide bonds. The van der Waals surface area contributed by atoms with E-state index >= 15 is 0 Å². The number of carboxylic acids is 2. The van der Waals surface area contributed by atoms with Gasteiger partial charge in [0.15, 0.2) is 0 Å². The molecule has 4 atom stereocenters. The monoisotopic (exact) mass is 486 g/mol. The van der Waals surface area contributed by atoms with Gasteiger partial charge in [0.25, 0.3) is 0 Å². The fourth-order valence-corrected chi connectivity index (χ4v) is 3.84. The number of amides is 3. The highest BCUT2D eigenvalue weighted by Crippen LogP contribution is 2.19. The van der Waals surface area contributed by atoms with Crippen molar-refractivity contribution in [3.05, 3.63) is 0 Å². The molecule has 1 fully saturated rings. The summed E-state index contributed by atoms with van der Waals surface area (Å²) < 4.78 is 0. The molecular formula is C21H38N6O7. The van der Waals surface area contributed by atoms with E-state index in [1.165, 1.54) is 4.90 Å². The van der Waals surface area contributed by atoms with Gasteiger partial charge in [-0.25, -0.2) is 4.79 Å². The molecule has 0 aliphatic carbocycles. The fraction of sp³-hybridized carbons (Fsp3) is 0.762. The molecule has 0 bridgehead atoms. The number of hydrogen-bond acceptors (Lipinski definition) is 8. The maximum atomic E-state index is 13.0. The van der Waals surface area contributed by atoms with Gasteiger partial charge in [-0.05, 0) is 64.5 Å². The van der Waals surface area contributed by atoms with Crippen LogP contribution in [0.15, 0.2) is 0 Å². The first-order valence-corrected chi connectivity index (χ1v) is 11.6. The van der Waals surface area contributed by atoms with Crippen LogP contribution in [0.1, 0.15) is 57.8 Å². The van der Waals surface area contributed by atoms with Crippen LogP contribution in [0.2, 0.25) is 0 Å². The molecule has 0 radical (unpaired) electrons. The standard InChI is InChI=1S/C21H38N6O7/c22-9-3-1-6-14(18(30)26-15(21(33)34)7-2-4-10-23)25-19(31)16-8-5-11-27(16)20(32)13(24)12-17(28)29/h13-16H,1-12,22-24H2,(H,25,31)(H,26,30)(H,28,29)(H,33,34). The normalized spacial score (nSPS) is 18.1. The molecule has 34 heavy (non-hydrogen) atoms. The van der Waals surface area contributed by atoms with Crippen molar-refractivity contribution in [2.45, 2.75) is 82.0 Å². The summed E-state index contributed by atoms with van der Waals surface area (Å²) in [5.41, 5.74) is 16.6. The second kappa shape index (κ2) is 15.2. The molecule has 1 saturated heterocycles. The number of nitrogens with two attached hydrogens (primary N) is 3. The van der Waals surface area contributed by atoms with Crippen molar-refractivity contribution in [2.75, 3.05) is 19.6 Å². The van der Waals surface area contributed by atoms with Crippen LogP contribution in [0, 0.1) is 0 Å². The van der Waals surface area contributed by atoms with Gasteiger partial charge in [0, 0.05) is 6.54 Å². The Morgan fingerprint density at radius 1 is 0.912 bits per heavy atom. The summed E-state index contributed by atoms with van der Waals surface area (Å²) in [6.45, 7) is 1.05. The summed E-state index contributed by atoms with van der Waals surface area (Å²) in [5, 5.41) is 23.4. The number of carboxylic acid groups (broad SMARTS) is 2.